The smallest absolute Gasteiger partial charge is 0.129 e. The van der Waals surface area contributed by atoms with E-state index < -0.39 is 0 Å². The molecule has 0 rings (SSSR count). The Bertz CT molecular complexity index is 305. The number of rotatable bonds is 13. The van der Waals surface area contributed by atoms with Gasteiger partial charge in [0, 0.05) is 6.42 Å². The van der Waals surface area contributed by atoms with Crippen LogP contribution in [-0.4, -0.2) is 5.78 Å². The molecule has 0 amide bonds. The fourth-order valence-corrected chi connectivity index (χ4v) is 3.12. The van der Waals surface area contributed by atoms with E-state index in [0.717, 1.165) is 12.8 Å². The number of carbonyl (C=O) groups excluding carboxylic acids is 1. The number of hydrogen-bond acceptors (Lipinski definition) is 1. The number of Topliss-reactive ketones (excluding diaryl/α,β-unsaturated/α-hetero) is 1. The molecule has 0 heterocycles. The first-order chi connectivity index (χ1) is 10.1. The van der Waals surface area contributed by atoms with Crippen molar-refractivity contribution < 1.29 is 4.79 Å². The summed E-state index contributed by atoms with van der Waals surface area (Å²) in [5.74, 6) is 1.04. The molecule has 0 saturated heterocycles. The van der Waals surface area contributed by atoms with Crippen molar-refractivity contribution in [2.45, 2.75) is 113 Å². The highest BCUT2D eigenvalue weighted by molar-refractivity contribution is 5.75. The maximum atomic E-state index is 11.1. The largest absolute Gasteiger partial charge is 0.300 e. The molecular formula is C21H42O. The van der Waals surface area contributed by atoms with Crippen LogP contribution in [0.4, 0.5) is 0 Å². The first-order valence-electron chi connectivity index (χ1n) is 9.63. The van der Waals surface area contributed by atoms with Crippen molar-refractivity contribution >= 4 is 5.78 Å². The van der Waals surface area contributed by atoms with Crippen molar-refractivity contribution in [1.82, 2.24) is 0 Å². The number of hydrogen-bond donors (Lipinski definition) is 0. The second-order valence-electron chi connectivity index (χ2n) is 8.77. The minimum atomic E-state index is 0.337. The molecule has 0 aliphatic rings. The molecule has 0 spiro atoms. The van der Waals surface area contributed by atoms with Crippen molar-refractivity contribution in [3.8, 4) is 0 Å². The van der Waals surface area contributed by atoms with E-state index in [1.807, 2.05) is 0 Å². The van der Waals surface area contributed by atoms with E-state index in [1.165, 1.54) is 51.4 Å². The van der Waals surface area contributed by atoms with Gasteiger partial charge in [0.15, 0.2) is 0 Å². The Labute approximate surface area is 140 Å². The van der Waals surface area contributed by atoms with Crippen LogP contribution in [0.15, 0.2) is 0 Å². The summed E-state index contributed by atoms with van der Waals surface area (Å²) in [6, 6.07) is 0. The van der Waals surface area contributed by atoms with E-state index in [9.17, 15) is 4.79 Å². The van der Waals surface area contributed by atoms with Gasteiger partial charge in [0.05, 0.1) is 0 Å². The van der Waals surface area contributed by atoms with Crippen LogP contribution in [0.3, 0.4) is 0 Å². The molecule has 22 heavy (non-hydrogen) atoms. The summed E-state index contributed by atoms with van der Waals surface area (Å²) in [4.78, 5) is 11.1. The lowest BCUT2D eigenvalue weighted by molar-refractivity contribution is -0.117. The molecule has 132 valence electrons. The van der Waals surface area contributed by atoms with Gasteiger partial charge in [-0.25, -0.2) is 0 Å². The Hall–Kier alpha value is -0.330. The Balaban J connectivity index is 4.04. The normalized spacial score (nSPS) is 16.3. The third-order valence-electron chi connectivity index (χ3n) is 5.91. The summed E-state index contributed by atoms with van der Waals surface area (Å²) in [6.07, 6.45) is 12.4. The quantitative estimate of drug-likeness (QED) is 0.352. The van der Waals surface area contributed by atoms with Crippen molar-refractivity contribution in [1.29, 1.82) is 0 Å². The molecule has 1 heteroatoms. The van der Waals surface area contributed by atoms with Crippen LogP contribution in [0.5, 0.6) is 0 Å². The van der Waals surface area contributed by atoms with Crippen LogP contribution in [0, 0.1) is 16.7 Å². The zero-order chi connectivity index (χ0) is 17.2. The first-order valence-corrected chi connectivity index (χ1v) is 9.63. The van der Waals surface area contributed by atoms with Gasteiger partial charge < -0.3 is 4.79 Å². The van der Waals surface area contributed by atoms with Gasteiger partial charge in [-0.3, -0.25) is 0 Å². The predicted octanol–water partition coefficient (Wildman–Crippen LogP) is 7.18. The summed E-state index contributed by atoms with van der Waals surface area (Å²) in [6.45, 7) is 15.9. The fraction of sp³-hybridized carbons (Fsp3) is 0.952. The molecule has 2 atom stereocenters. The standard InChI is InChI=1S/C21H42O/c1-8-20(5,6)15-11-17-21(7,9-2)16-10-12-18(3)13-14-19(4)22/h18H,8-17H2,1-7H3. The van der Waals surface area contributed by atoms with Crippen LogP contribution in [0.25, 0.3) is 0 Å². The Kier molecular flexibility index (Phi) is 10.3. The van der Waals surface area contributed by atoms with Crippen molar-refractivity contribution in [2.24, 2.45) is 16.7 Å². The van der Waals surface area contributed by atoms with Crippen molar-refractivity contribution in [3.63, 3.8) is 0 Å². The molecular weight excluding hydrogens is 268 g/mol. The fourth-order valence-electron chi connectivity index (χ4n) is 3.12. The first kappa shape index (κ1) is 21.7. The lowest BCUT2D eigenvalue weighted by Gasteiger charge is -2.31. The number of carbonyl (C=O) groups is 1. The number of ketones is 1. The topological polar surface area (TPSA) is 17.1 Å². The van der Waals surface area contributed by atoms with Crippen molar-refractivity contribution in [2.75, 3.05) is 0 Å². The Morgan fingerprint density at radius 3 is 2.00 bits per heavy atom. The minimum Gasteiger partial charge on any atom is -0.300 e. The molecule has 0 aliphatic heterocycles. The Morgan fingerprint density at radius 1 is 0.909 bits per heavy atom. The summed E-state index contributed by atoms with van der Waals surface area (Å²) in [7, 11) is 0. The van der Waals surface area contributed by atoms with Gasteiger partial charge in [-0.15, -0.1) is 0 Å². The molecule has 0 radical (unpaired) electrons. The molecule has 0 aromatic carbocycles. The second kappa shape index (κ2) is 10.4. The SMILES string of the molecule is CCC(C)(C)CCCC(C)(CC)CCCC(C)CCC(C)=O. The van der Waals surface area contributed by atoms with Gasteiger partial charge in [0.2, 0.25) is 0 Å². The van der Waals surface area contributed by atoms with E-state index in [1.54, 1.807) is 6.92 Å². The summed E-state index contributed by atoms with van der Waals surface area (Å²) < 4.78 is 0. The Morgan fingerprint density at radius 2 is 1.50 bits per heavy atom. The zero-order valence-electron chi connectivity index (χ0n) is 16.6. The highest BCUT2D eigenvalue weighted by Gasteiger charge is 2.23. The van der Waals surface area contributed by atoms with Crippen molar-refractivity contribution in [3.05, 3.63) is 0 Å². The third kappa shape index (κ3) is 10.4. The molecule has 0 aliphatic carbocycles. The lowest BCUT2D eigenvalue weighted by Crippen LogP contribution is -2.17. The van der Waals surface area contributed by atoms with E-state index in [4.69, 9.17) is 0 Å². The van der Waals surface area contributed by atoms with Crippen LogP contribution >= 0.6 is 0 Å². The van der Waals surface area contributed by atoms with Crippen LogP contribution < -0.4 is 0 Å². The summed E-state index contributed by atoms with van der Waals surface area (Å²) >= 11 is 0. The van der Waals surface area contributed by atoms with Gasteiger partial charge in [0.25, 0.3) is 0 Å². The predicted molar refractivity (Wildman–Crippen MR) is 99.3 cm³/mol. The maximum absolute atomic E-state index is 11.1. The summed E-state index contributed by atoms with van der Waals surface area (Å²) in [5, 5.41) is 0. The van der Waals surface area contributed by atoms with Gasteiger partial charge >= 0.3 is 0 Å². The van der Waals surface area contributed by atoms with Crippen LogP contribution in [0.2, 0.25) is 0 Å². The van der Waals surface area contributed by atoms with Gasteiger partial charge in [-0.05, 0) is 49.4 Å². The average molecular weight is 311 g/mol. The van der Waals surface area contributed by atoms with Gasteiger partial charge in [-0.2, -0.15) is 0 Å². The molecule has 0 fully saturated rings. The van der Waals surface area contributed by atoms with E-state index in [2.05, 4.69) is 41.5 Å². The maximum Gasteiger partial charge on any atom is 0.129 e. The van der Waals surface area contributed by atoms with Crippen LogP contribution in [0.1, 0.15) is 113 Å². The van der Waals surface area contributed by atoms with Gasteiger partial charge in [-0.1, -0.05) is 73.6 Å². The zero-order valence-corrected chi connectivity index (χ0v) is 16.6. The second-order valence-corrected chi connectivity index (χ2v) is 8.77. The molecule has 0 aromatic heterocycles. The monoisotopic (exact) mass is 310 g/mol. The highest BCUT2D eigenvalue weighted by atomic mass is 16.1. The molecule has 2 unspecified atom stereocenters. The molecule has 0 saturated carbocycles. The van der Waals surface area contributed by atoms with E-state index in [-0.39, 0.29) is 0 Å². The average Bonchev–Trinajstić information content (AvgIpc) is 2.45. The molecule has 0 bridgehead atoms. The van der Waals surface area contributed by atoms with E-state index in [0.29, 0.717) is 22.5 Å². The third-order valence-corrected chi connectivity index (χ3v) is 5.91. The highest BCUT2D eigenvalue weighted by Crippen LogP contribution is 2.37. The molecule has 0 N–H and O–H groups in total. The molecule has 0 aromatic rings. The minimum absolute atomic E-state index is 0.337. The van der Waals surface area contributed by atoms with E-state index >= 15 is 0 Å². The molecule has 1 nitrogen and oxygen atoms in total. The van der Waals surface area contributed by atoms with Crippen LogP contribution in [-0.2, 0) is 4.79 Å². The summed E-state index contributed by atoms with van der Waals surface area (Å²) in [5.41, 5.74) is 1.03. The lowest BCUT2D eigenvalue weighted by atomic mass is 9.75. The van der Waals surface area contributed by atoms with Gasteiger partial charge in [0.1, 0.15) is 5.78 Å².